The first-order valence-electron chi connectivity index (χ1n) is 6.93. The molecule has 3 rings (SSSR count). The Bertz CT molecular complexity index is 567. The fourth-order valence-corrected chi connectivity index (χ4v) is 2.35. The maximum Gasteiger partial charge on any atom is 0.256 e. The van der Waals surface area contributed by atoms with Gasteiger partial charge in [-0.3, -0.25) is 4.79 Å². The quantitative estimate of drug-likeness (QED) is 0.830. The van der Waals surface area contributed by atoms with Crippen LogP contribution in [0.1, 0.15) is 42.1 Å². The van der Waals surface area contributed by atoms with Gasteiger partial charge in [0.05, 0.1) is 11.9 Å². The molecular formula is C15H17FN2O2. The molecule has 2 heterocycles. The van der Waals surface area contributed by atoms with Crippen molar-refractivity contribution < 1.29 is 13.9 Å². The highest BCUT2D eigenvalue weighted by molar-refractivity contribution is 5.98. The number of hydrogen-bond acceptors (Lipinski definition) is 3. The second-order valence-electron chi connectivity index (χ2n) is 5.25. The molecule has 1 aliphatic carbocycles. The highest BCUT2D eigenvalue weighted by atomic mass is 19.1. The molecule has 0 N–H and O–H groups in total. The number of ether oxygens (including phenoxy) is 1. The molecule has 1 saturated carbocycles. The van der Waals surface area contributed by atoms with Crippen molar-refractivity contribution in [1.82, 2.24) is 9.88 Å². The molecule has 20 heavy (non-hydrogen) atoms. The summed E-state index contributed by atoms with van der Waals surface area (Å²) in [5, 5.41) is 0. The standard InChI is InChI=1S/C15H17FN2O2/c1-2-10(6-16)9-20-14-5-11-8-18(12-3-4-12)15(19)13(11)7-17-14/h5-7,12H,2-4,8-9H2,1H3/b10-6+. The number of carbonyl (C=O) groups excluding carboxylic acids is 1. The largest absolute Gasteiger partial charge is 0.473 e. The van der Waals surface area contributed by atoms with Crippen LogP contribution in [0.3, 0.4) is 0 Å². The lowest BCUT2D eigenvalue weighted by molar-refractivity contribution is 0.0766. The van der Waals surface area contributed by atoms with Crippen molar-refractivity contribution in [1.29, 1.82) is 0 Å². The van der Waals surface area contributed by atoms with Crippen molar-refractivity contribution >= 4 is 5.91 Å². The Balaban J connectivity index is 1.71. The second-order valence-corrected chi connectivity index (χ2v) is 5.25. The van der Waals surface area contributed by atoms with Crippen molar-refractivity contribution in [3.63, 3.8) is 0 Å². The van der Waals surface area contributed by atoms with Gasteiger partial charge >= 0.3 is 0 Å². The third-order valence-electron chi connectivity index (χ3n) is 3.80. The Morgan fingerprint density at radius 2 is 2.40 bits per heavy atom. The summed E-state index contributed by atoms with van der Waals surface area (Å²) < 4.78 is 17.9. The zero-order valence-electron chi connectivity index (χ0n) is 11.4. The van der Waals surface area contributed by atoms with E-state index in [9.17, 15) is 9.18 Å². The fraction of sp³-hybridized carbons (Fsp3) is 0.467. The van der Waals surface area contributed by atoms with E-state index < -0.39 is 0 Å². The molecule has 0 saturated heterocycles. The normalized spacial score (nSPS) is 18.4. The van der Waals surface area contributed by atoms with Crippen molar-refractivity contribution in [2.45, 2.75) is 38.8 Å². The summed E-state index contributed by atoms with van der Waals surface area (Å²) >= 11 is 0. The highest BCUT2D eigenvalue weighted by Gasteiger charge is 2.38. The van der Waals surface area contributed by atoms with Crippen LogP contribution in [0.2, 0.25) is 0 Å². The van der Waals surface area contributed by atoms with Gasteiger partial charge in [0, 0.05) is 24.8 Å². The second kappa shape index (κ2) is 5.23. The van der Waals surface area contributed by atoms with Gasteiger partial charge in [0.25, 0.3) is 5.91 Å². The molecule has 1 aromatic heterocycles. The van der Waals surface area contributed by atoms with Gasteiger partial charge in [-0.2, -0.15) is 0 Å². The Morgan fingerprint density at radius 3 is 3.05 bits per heavy atom. The van der Waals surface area contributed by atoms with E-state index in [0.717, 1.165) is 18.4 Å². The lowest BCUT2D eigenvalue weighted by Crippen LogP contribution is -2.25. The van der Waals surface area contributed by atoms with Crippen LogP contribution in [-0.2, 0) is 6.54 Å². The Kier molecular flexibility index (Phi) is 3.42. The van der Waals surface area contributed by atoms with Crippen molar-refractivity contribution in [3.05, 3.63) is 35.3 Å². The minimum atomic E-state index is 0.0689. The third kappa shape index (κ3) is 2.40. The zero-order chi connectivity index (χ0) is 14.1. The molecule has 0 radical (unpaired) electrons. The van der Waals surface area contributed by atoms with Gasteiger partial charge in [-0.15, -0.1) is 0 Å². The number of amides is 1. The lowest BCUT2D eigenvalue weighted by atomic mass is 10.2. The van der Waals surface area contributed by atoms with Gasteiger partial charge in [0.15, 0.2) is 0 Å². The maximum absolute atomic E-state index is 12.5. The molecule has 1 aliphatic heterocycles. The molecule has 106 valence electrons. The number of aromatic nitrogens is 1. The highest BCUT2D eigenvalue weighted by Crippen LogP contribution is 2.35. The fourth-order valence-electron chi connectivity index (χ4n) is 2.35. The smallest absolute Gasteiger partial charge is 0.256 e. The van der Waals surface area contributed by atoms with Crippen LogP contribution < -0.4 is 4.74 Å². The summed E-state index contributed by atoms with van der Waals surface area (Å²) in [5.74, 6) is 0.515. The van der Waals surface area contributed by atoms with Gasteiger partial charge in [-0.1, -0.05) is 6.92 Å². The Morgan fingerprint density at radius 1 is 1.60 bits per heavy atom. The number of halogens is 1. The molecule has 5 heteroatoms. The minimum absolute atomic E-state index is 0.0689. The Labute approximate surface area is 117 Å². The zero-order valence-corrected chi connectivity index (χ0v) is 11.4. The molecule has 2 aliphatic rings. The van der Waals surface area contributed by atoms with E-state index in [2.05, 4.69) is 4.98 Å². The van der Waals surface area contributed by atoms with Crippen LogP contribution in [0.15, 0.2) is 24.2 Å². The van der Waals surface area contributed by atoms with Crippen molar-refractivity contribution in [2.24, 2.45) is 0 Å². The summed E-state index contributed by atoms with van der Waals surface area (Å²) in [5.41, 5.74) is 2.21. The maximum atomic E-state index is 12.5. The summed E-state index contributed by atoms with van der Waals surface area (Å²) in [4.78, 5) is 18.2. The average Bonchev–Trinajstić information content (AvgIpc) is 3.25. The van der Waals surface area contributed by atoms with E-state index in [-0.39, 0.29) is 12.5 Å². The summed E-state index contributed by atoms with van der Waals surface area (Å²) in [6.45, 7) is 2.70. The van der Waals surface area contributed by atoms with Crippen LogP contribution >= 0.6 is 0 Å². The van der Waals surface area contributed by atoms with Gasteiger partial charge in [0.1, 0.15) is 6.61 Å². The molecule has 0 unspecified atom stereocenters. The molecule has 1 fully saturated rings. The van der Waals surface area contributed by atoms with E-state index in [4.69, 9.17) is 4.74 Å². The topological polar surface area (TPSA) is 42.4 Å². The molecule has 1 aromatic rings. The van der Waals surface area contributed by atoms with Crippen LogP contribution in [-0.4, -0.2) is 28.4 Å². The first-order valence-corrected chi connectivity index (χ1v) is 6.93. The molecule has 0 atom stereocenters. The van der Waals surface area contributed by atoms with Gasteiger partial charge in [-0.25, -0.2) is 9.37 Å². The summed E-state index contributed by atoms with van der Waals surface area (Å²) in [7, 11) is 0. The number of rotatable bonds is 5. The van der Waals surface area contributed by atoms with Crippen LogP contribution in [0.5, 0.6) is 5.88 Å². The van der Waals surface area contributed by atoms with Gasteiger partial charge < -0.3 is 9.64 Å². The lowest BCUT2D eigenvalue weighted by Gasteiger charge is -2.13. The number of hydrogen-bond donors (Lipinski definition) is 0. The van der Waals surface area contributed by atoms with E-state index in [1.807, 2.05) is 11.8 Å². The SMILES string of the molecule is CC/C(=C\F)COc1cc2c(cn1)C(=O)N(C1CC1)C2. The number of fused-ring (bicyclic) bond motifs is 1. The minimum Gasteiger partial charge on any atom is -0.473 e. The summed E-state index contributed by atoms with van der Waals surface area (Å²) in [6, 6.07) is 2.20. The van der Waals surface area contributed by atoms with E-state index in [1.165, 1.54) is 0 Å². The third-order valence-corrected chi connectivity index (χ3v) is 3.80. The average molecular weight is 276 g/mol. The molecule has 0 spiro atoms. The molecule has 4 nitrogen and oxygen atoms in total. The van der Waals surface area contributed by atoms with Crippen LogP contribution in [0.4, 0.5) is 4.39 Å². The first kappa shape index (κ1) is 13.1. The number of pyridine rings is 1. The molecule has 0 aromatic carbocycles. The van der Waals surface area contributed by atoms with Crippen LogP contribution in [0.25, 0.3) is 0 Å². The molecule has 1 amide bonds. The number of carbonyl (C=O) groups is 1. The van der Waals surface area contributed by atoms with E-state index >= 15 is 0 Å². The molecular weight excluding hydrogens is 259 g/mol. The van der Waals surface area contributed by atoms with E-state index in [0.29, 0.717) is 42.4 Å². The van der Waals surface area contributed by atoms with E-state index in [1.54, 1.807) is 12.3 Å². The number of nitrogens with zero attached hydrogens (tertiary/aromatic N) is 2. The van der Waals surface area contributed by atoms with Crippen molar-refractivity contribution in [3.8, 4) is 5.88 Å². The molecule has 0 bridgehead atoms. The first-order chi connectivity index (χ1) is 9.72. The predicted molar refractivity (Wildman–Crippen MR) is 72.1 cm³/mol. The van der Waals surface area contributed by atoms with Crippen LogP contribution in [0, 0.1) is 0 Å². The predicted octanol–water partition coefficient (Wildman–Crippen LogP) is 2.84. The van der Waals surface area contributed by atoms with Crippen molar-refractivity contribution in [2.75, 3.05) is 6.61 Å². The van der Waals surface area contributed by atoms with Gasteiger partial charge in [0.2, 0.25) is 5.88 Å². The van der Waals surface area contributed by atoms with Gasteiger partial charge in [-0.05, 0) is 30.4 Å². The Hall–Kier alpha value is -1.91. The monoisotopic (exact) mass is 276 g/mol. The summed E-state index contributed by atoms with van der Waals surface area (Å²) in [6.07, 6.45) is 4.94.